The number of Topliss-reactive ketones (excluding diaryl/α,β-unsaturated/α-hetero) is 1. The molecule has 0 radical (unpaired) electrons. The Labute approximate surface area is 515 Å². The zero-order valence-corrected chi connectivity index (χ0v) is 52.3. The minimum Gasteiger partial charge on any atom is -0.481 e. The van der Waals surface area contributed by atoms with Gasteiger partial charge in [-0.2, -0.15) is 0 Å². The molecule has 0 bridgehead atoms. The number of hydrogen-bond donors (Lipinski definition) is 12. The Morgan fingerprint density at radius 1 is 0.818 bits per heavy atom. The van der Waals surface area contributed by atoms with Crippen LogP contribution in [0, 0.1) is 18.3 Å². The summed E-state index contributed by atoms with van der Waals surface area (Å²) in [5, 5.41) is 31.8. The molecule has 0 saturated carbocycles. The fraction of sp³-hybridized carbons (Fsp3) is 0.567. The molecule has 486 valence electrons. The van der Waals surface area contributed by atoms with Gasteiger partial charge in [0.1, 0.15) is 54.2 Å². The third-order valence-corrected chi connectivity index (χ3v) is 13.4. The SMILES string of the molecule is C#CCCC=O.CCCN(CC(=O)N(C)C(CCCCNC)C(=O)NC(C=O)Cc1ccncc1)C(=O)C(Cc1c[nH]c2ncccc12)NC(=O)C(C)NC(=O)C(CC(C)C)NC(=O)C(CC(=O)O)NC(=O)CNC.CNC(CCCN=C(N)N)C(C)=O. The number of fused-ring (bicyclic) bond motifs is 1. The highest BCUT2D eigenvalue weighted by Gasteiger charge is 2.35. The van der Waals surface area contributed by atoms with Gasteiger partial charge in [-0.1, -0.05) is 20.8 Å². The lowest BCUT2D eigenvalue weighted by Gasteiger charge is -2.32. The van der Waals surface area contributed by atoms with Crippen LogP contribution in [0.1, 0.15) is 110 Å². The predicted octanol–water partition coefficient (Wildman–Crippen LogP) is -0.603. The number of unbranched alkanes of at least 4 members (excludes halogenated alkanes) is 2. The smallest absolute Gasteiger partial charge is 0.305 e. The van der Waals surface area contributed by atoms with Gasteiger partial charge in [0.05, 0.1) is 31.6 Å². The number of nitrogens with zero attached hydrogens (tertiary/aromatic N) is 5. The van der Waals surface area contributed by atoms with Crippen LogP contribution in [-0.2, 0) is 65.6 Å². The van der Waals surface area contributed by atoms with E-state index in [1.165, 1.54) is 30.8 Å². The number of carbonyl (C=O) groups excluding carboxylic acids is 10. The molecule has 0 aliphatic carbocycles. The highest BCUT2D eigenvalue weighted by atomic mass is 16.4. The second-order valence-corrected chi connectivity index (χ2v) is 21.1. The first-order chi connectivity index (χ1) is 41.9. The molecular formula is C60H94N16O12. The quantitative estimate of drug-likeness (QED) is 0.0112. The molecule has 0 saturated heterocycles. The van der Waals surface area contributed by atoms with E-state index >= 15 is 0 Å². The number of carboxylic acids is 1. The number of H-pyrrole nitrogens is 1. The summed E-state index contributed by atoms with van der Waals surface area (Å²) < 4.78 is 0. The molecule has 0 fully saturated rings. The summed E-state index contributed by atoms with van der Waals surface area (Å²) in [7, 11) is 6.55. The summed E-state index contributed by atoms with van der Waals surface area (Å²) in [6, 6.07) is -0.262. The molecule has 3 rings (SSSR count). The average molecular weight is 1230 g/mol. The van der Waals surface area contributed by atoms with E-state index in [9.17, 15) is 57.8 Å². The molecule has 14 N–H and O–H groups in total. The van der Waals surface area contributed by atoms with Gasteiger partial charge in [-0.3, -0.25) is 53.1 Å². The van der Waals surface area contributed by atoms with Crippen molar-refractivity contribution in [2.45, 2.75) is 154 Å². The number of rotatable bonds is 39. The minimum absolute atomic E-state index is 0.0570. The number of pyridine rings is 2. The number of likely N-dealkylation sites (N-methyl/N-ethyl adjacent to an activating group) is 3. The standard InChI is InChI=1S/C47H70N12O10.C8H18N4O.C5H6O/c1-8-20-59(27-40(62)58(7)38(13-9-10-16-48-5)46(68)54-33(28-60)22-31-14-18-50-19-15-31)47(69)37(23-32-25-52-42-34(32)12-11-17-51-42)57-43(65)30(4)53-44(66)35(21-29(2)3)56-45(67)36(24-41(63)64)55-39(61)26-49-6;1-6(13)7(11-2)4-3-5-12-8(9)10;1-2-3-4-5-6/h11-12,14-15,17-19,25,28-30,33,35-38,48-49H,8-10,13,16,20-24,26-27H2,1-7H3,(H,51,52)(H,53,66)(H,54,68)(H,55,61)(H,56,67)(H,57,65)(H,63,64);7,11H,3-5H2,1-2H3,(H4,9,10,12);1,5H,3-4H2. The molecule has 3 aromatic rings. The fourth-order valence-corrected chi connectivity index (χ4v) is 8.77. The Morgan fingerprint density at radius 3 is 2.07 bits per heavy atom. The van der Waals surface area contributed by atoms with Crippen LogP contribution in [-0.4, -0.2) is 205 Å². The molecular weight excluding hydrogens is 1140 g/mol. The summed E-state index contributed by atoms with van der Waals surface area (Å²) in [4.78, 5) is 158. The molecule has 7 unspecified atom stereocenters. The maximum Gasteiger partial charge on any atom is 0.305 e. The lowest BCUT2D eigenvalue weighted by Crippen LogP contribution is -2.59. The first kappa shape index (κ1) is 77.3. The van der Waals surface area contributed by atoms with E-state index in [0.29, 0.717) is 68.1 Å². The minimum atomic E-state index is -1.50. The molecule has 7 atom stereocenters. The van der Waals surface area contributed by atoms with Crippen LogP contribution in [0.2, 0.25) is 0 Å². The summed E-state index contributed by atoms with van der Waals surface area (Å²) in [6.45, 7) is 9.07. The van der Waals surface area contributed by atoms with Gasteiger partial charge >= 0.3 is 5.97 Å². The van der Waals surface area contributed by atoms with E-state index in [1.54, 1.807) is 83.9 Å². The molecule has 0 aromatic carbocycles. The number of aromatic nitrogens is 3. The van der Waals surface area contributed by atoms with Gasteiger partial charge in [0.15, 0.2) is 5.96 Å². The van der Waals surface area contributed by atoms with Gasteiger partial charge in [-0.05, 0) is 134 Å². The van der Waals surface area contributed by atoms with E-state index in [1.807, 2.05) is 6.92 Å². The van der Waals surface area contributed by atoms with Crippen LogP contribution >= 0.6 is 0 Å². The molecule has 3 aromatic heterocycles. The van der Waals surface area contributed by atoms with Gasteiger partial charge < -0.3 is 83.5 Å². The molecule has 0 aliphatic rings. The number of terminal acetylenes is 1. The zero-order chi connectivity index (χ0) is 66.1. The van der Waals surface area contributed by atoms with Crippen molar-refractivity contribution in [1.82, 2.24) is 67.3 Å². The van der Waals surface area contributed by atoms with Crippen molar-refractivity contribution < 1.29 is 57.8 Å². The van der Waals surface area contributed by atoms with Crippen molar-refractivity contribution in [1.29, 1.82) is 0 Å². The molecule has 0 aliphatic heterocycles. The average Bonchev–Trinajstić information content (AvgIpc) is 4.15. The van der Waals surface area contributed by atoms with Crippen molar-refractivity contribution in [2.24, 2.45) is 22.4 Å². The van der Waals surface area contributed by atoms with E-state index in [0.717, 1.165) is 24.7 Å². The van der Waals surface area contributed by atoms with E-state index < -0.39 is 96.5 Å². The van der Waals surface area contributed by atoms with Crippen LogP contribution in [0.25, 0.3) is 11.0 Å². The van der Waals surface area contributed by atoms with E-state index in [-0.39, 0.29) is 62.5 Å². The number of nitrogens with two attached hydrogens (primary N) is 2. The van der Waals surface area contributed by atoms with Gasteiger partial charge in [0.25, 0.3) is 0 Å². The number of ketones is 1. The monoisotopic (exact) mass is 1230 g/mol. The fourth-order valence-electron chi connectivity index (χ4n) is 8.77. The third kappa shape index (κ3) is 30.6. The number of hydrogen-bond acceptors (Lipinski definition) is 17. The second kappa shape index (κ2) is 43.9. The van der Waals surface area contributed by atoms with Crippen LogP contribution in [0.5, 0.6) is 0 Å². The number of aldehydes is 2. The highest BCUT2D eigenvalue weighted by Crippen LogP contribution is 2.19. The van der Waals surface area contributed by atoms with Gasteiger partial charge in [-0.15, -0.1) is 12.3 Å². The Hall–Kier alpha value is -8.68. The number of aliphatic imine (C=N–C) groups is 1. The third-order valence-electron chi connectivity index (χ3n) is 13.4. The van der Waals surface area contributed by atoms with Crippen LogP contribution in [0.4, 0.5) is 0 Å². The molecule has 0 spiro atoms. The Morgan fingerprint density at radius 2 is 1.50 bits per heavy atom. The number of amides is 7. The Balaban J connectivity index is 0.00000174. The van der Waals surface area contributed by atoms with Crippen LogP contribution < -0.4 is 54.0 Å². The number of aromatic amines is 1. The Bertz CT molecular complexity index is 2750. The number of nitrogens with one attached hydrogen (secondary N) is 9. The zero-order valence-electron chi connectivity index (χ0n) is 52.3. The maximum atomic E-state index is 14.7. The summed E-state index contributed by atoms with van der Waals surface area (Å²) in [5.41, 5.74) is 12.2. The van der Waals surface area contributed by atoms with Gasteiger partial charge in [0, 0.05) is 69.6 Å². The topological polar surface area (TPSA) is 417 Å². The first-order valence-electron chi connectivity index (χ1n) is 29.3. The number of carbonyl (C=O) groups is 11. The summed E-state index contributed by atoms with van der Waals surface area (Å²) in [6.07, 6.45) is 16.8. The van der Waals surface area contributed by atoms with Crippen LogP contribution in [0.3, 0.4) is 0 Å². The van der Waals surface area contributed by atoms with E-state index in [2.05, 4.69) is 68.4 Å². The largest absolute Gasteiger partial charge is 0.481 e. The maximum absolute atomic E-state index is 14.7. The lowest BCUT2D eigenvalue weighted by molar-refractivity contribution is -0.145. The normalized spacial score (nSPS) is 13.0. The molecule has 7 amide bonds. The summed E-state index contributed by atoms with van der Waals surface area (Å²) >= 11 is 0. The second-order valence-electron chi connectivity index (χ2n) is 21.1. The van der Waals surface area contributed by atoms with E-state index in [4.69, 9.17) is 17.9 Å². The highest BCUT2D eigenvalue weighted by molar-refractivity contribution is 5.97. The first-order valence-corrected chi connectivity index (χ1v) is 29.3. The molecule has 3 heterocycles. The van der Waals surface area contributed by atoms with Crippen molar-refractivity contribution in [3.05, 3.63) is 60.2 Å². The lowest BCUT2D eigenvalue weighted by atomic mass is 10.0. The van der Waals surface area contributed by atoms with Crippen molar-refractivity contribution >= 4 is 82.7 Å². The van der Waals surface area contributed by atoms with Crippen molar-refractivity contribution in [2.75, 3.05) is 60.9 Å². The predicted molar refractivity (Wildman–Crippen MR) is 334 cm³/mol. The van der Waals surface area contributed by atoms with Crippen molar-refractivity contribution in [3.63, 3.8) is 0 Å². The molecule has 28 heteroatoms. The summed E-state index contributed by atoms with van der Waals surface area (Å²) in [5.74, 6) is -3.74. The van der Waals surface area contributed by atoms with Crippen molar-refractivity contribution in [3.8, 4) is 12.3 Å². The number of guanidine groups is 1. The Kier molecular flexibility index (Phi) is 38.5. The van der Waals surface area contributed by atoms with Gasteiger partial charge in [0.2, 0.25) is 41.4 Å². The van der Waals surface area contributed by atoms with Crippen LogP contribution in [0.15, 0.2) is 54.0 Å². The number of carboxylic acid groups (broad SMARTS) is 1. The molecule has 28 nitrogen and oxygen atoms in total. The van der Waals surface area contributed by atoms with Gasteiger partial charge in [-0.25, -0.2) is 4.98 Å². The number of aliphatic carboxylic acids is 1. The molecule has 88 heavy (non-hydrogen) atoms.